The van der Waals surface area contributed by atoms with Gasteiger partial charge in [-0.15, -0.1) is 0 Å². The number of benzene rings is 1. The first-order valence-electron chi connectivity index (χ1n) is 8.24. The van der Waals surface area contributed by atoms with Crippen molar-refractivity contribution in [3.8, 4) is 0 Å². The highest BCUT2D eigenvalue weighted by molar-refractivity contribution is 5.81. The van der Waals surface area contributed by atoms with Gasteiger partial charge < -0.3 is 5.73 Å². The average Bonchev–Trinajstić information content (AvgIpc) is 2.95. The Morgan fingerprint density at radius 3 is 2.78 bits per heavy atom. The Morgan fingerprint density at radius 1 is 1.35 bits per heavy atom. The van der Waals surface area contributed by atoms with Gasteiger partial charge in [0.2, 0.25) is 5.91 Å². The fourth-order valence-electron chi connectivity index (χ4n) is 3.50. The van der Waals surface area contributed by atoms with Gasteiger partial charge >= 0.3 is 0 Å². The van der Waals surface area contributed by atoms with Crippen molar-refractivity contribution < 1.29 is 4.79 Å². The molecule has 0 saturated carbocycles. The normalized spacial score (nSPS) is 20.3. The van der Waals surface area contributed by atoms with E-state index in [9.17, 15) is 4.79 Å². The number of nitrogens with zero attached hydrogens (tertiary/aromatic N) is 3. The molecule has 5 heteroatoms. The first-order valence-corrected chi connectivity index (χ1v) is 8.24. The predicted octanol–water partition coefficient (Wildman–Crippen LogP) is 2.27. The molecular weight excluding hydrogens is 288 g/mol. The topological polar surface area (TPSA) is 64.2 Å². The van der Waals surface area contributed by atoms with E-state index in [-0.39, 0.29) is 18.0 Å². The molecule has 1 aliphatic rings. The number of primary amides is 1. The van der Waals surface area contributed by atoms with E-state index in [1.165, 1.54) is 6.42 Å². The number of likely N-dealkylation sites (tertiary alicyclic amines) is 1. The van der Waals surface area contributed by atoms with Crippen molar-refractivity contribution in [1.29, 1.82) is 0 Å². The molecule has 122 valence electrons. The van der Waals surface area contributed by atoms with Gasteiger partial charge in [-0.25, -0.2) is 0 Å². The van der Waals surface area contributed by atoms with Crippen molar-refractivity contribution >= 4 is 5.91 Å². The molecule has 1 aromatic heterocycles. The van der Waals surface area contributed by atoms with Crippen LogP contribution in [0.3, 0.4) is 0 Å². The molecule has 2 atom stereocenters. The molecule has 1 fully saturated rings. The van der Waals surface area contributed by atoms with Gasteiger partial charge in [-0.05, 0) is 37.4 Å². The van der Waals surface area contributed by atoms with Crippen molar-refractivity contribution in [2.75, 3.05) is 6.54 Å². The molecule has 1 aromatic carbocycles. The van der Waals surface area contributed by atoms with Crippen molar-refractivity contribution in [3.05, 3.63) is 53.9 Å². The first kappa shape index (κ1) is 15.7. The molecule has 23 heavy (non-hydrogen) atoms. The van der Waals surface area contributed by atoms with Gasteiger partial charge in [0.15, 0.2) is 0 Å². The van der Waals surface area contributed by atoms with Crippen LogP contribution >= 0.6 is 0 Å². The maximum absolute atomic E-state index is 12.2. The van der Waals surface area contributed by atoms with Crippen LogP contribution in [0.1, 0.15) is 36.4 Å². The molecule has 2 heterocycles. The number of piperidine rings is 1. The van der Waals surface area contributed by atoms with Gasteiger partial charge in [0.25, 0.3) is 0 Å². The predicted molar refractivity (Wildman–Crippen MR) is 89.7 cm³/mol. The molecule has 0 bridgehead atoms. The van der Waals surface area contributed by atoms with Crippen LogP contribution in [0.25, 0.3) is 0 Å². The molecule has 1 aliphatic heterocycles. The number of nitrogens with two attached hydrogens (primary N) is 1. The van der Waals surface area contributed by atoms with Crippen LogP contribution in [0.4, 0.5) is 0 Å². The minimum Gasteiger partial charge on any atom is -0.368 e. The number of rotatable bonds is 5. The largest absolute Gasteiger partial charge is 0.368 e. The molecule has 0 aliphatic carbocycles. The van der Waals surface area contributed by atoms with Crippen molar-refractivity contribution in [2.24, 2.45) is 5.73 Å². The molecule has 0 spiro atoms. The molecule has 0 radical (unpaired) electrons. The Kier molecular flexibility index (Phi) is 4.76. The maximum atomic E-state index is 12.2. The van der Waals surface area contributed by atoms with Crippen molar-refractivity contribution in [2.45, 2.75) is 44.8 Å². The van der Waals surface area contributed by atoms with E-state index in [1.807, 2.05) is 48.1 Å². The van der Waals surface area contributed by atoms with Gasteiger partial charge in [0.1, 0.15) is 6.04 Å². The SMILES string of the molecule is Cc1cnn(CC2CCCCN2C(C(N)=O)c2ccccc2)c1. The number of hydrogen-bond acceptors (Lipinski definition) is 3. The molecule has 2 N–H and O–H groups in total. The Morgan fingerprint density at radius 2 is 2.13 bits per heavy atom. The van der Waals surface area contributed by atoms with E-state index >= 15 is 0 Å². The fourth-order valence-corrected chi connectivity index (χ4v) is 3.50. The number of amides is 1. The first-order chi connectivity index (χ1) is 11.1. The van der Waals surface area contributed by atoms with Crippen LogP contribution in [0.5, 0.6) is 0 Å². The summed E-state index contributed by atoms with van der Waals surface area (Å²) in [6, 6.07) is 9.77. The third kappa shape index (κ3) is 3.62. The van der Waals surface area contributed by atoms with E-state index in [2.05, 4.69) is 16.2 Å². The molecule has 2 aromatic rings. The average molecular weight is 312 g/mol. The van der Waals surface area contributed by atoms with Crippen LogP contribution < -0.4 is 5.73 Å². The second-order valence-corrected chi connectivity index (χ2v) is 6.34. The third-order valence-corrected chi connectivity index (χ3v) is 4.55. The highest BCUT2D eigenvalue weighted by atomic mass is 16.1. The lowest BCUT2D eigenvalue weighted by Crippen LogP contribution is -2.48. The summed E-state index contributed by atoms with van der Waals surface area (Å²) in [5.74, 6) is -0.278. The molecule has 1 amide bonds. The third-order valence-electron chi connectivity index (χ3n) is 4.55. The summed E-state index contributed by atoms with van der Waals surface area (Å²) in [6.07, 6.45) is 7.27. The number of aryl methyl sites for hydroxylation is 1. The van der Waals surface area contributed by atoms with Crippen LogP contribution in [0.15, 0.2) is 42.7 Å². The van der Waals surface area contributed by atoms with Gasteiger partial charge in [-0.1, -0.05) is 36.8 Å². The van der Waals surface area contributed by atoms with E-state index in [4.69, 9.17) is 5.73 Å². The number of carbonyl (C=O) groups excluding carboxylic acids is 1. The van der Waals surface area contributed by atoms with Gasteiger partial charge in [0.05, 0.1) is 12.7 Å². The highest BCUT2D eigenvalue weighted by Crippen LogP contribution is 2.29. The van der Waals surface area contributed by atoms with E-state index in [0.29, 0.717) is 0 Å². The minimum atomic E-state index is -0.363. The van der Waals surface area contributed by atoms with Crippen molar-refractivity contribution in [1.82, 2.24) is 14.7 Å². The summed E-state index contributed by atoms with van der Waals surface area (Å²) in [7, 11) is 0. The van der Waals surface area contributed by atoms with Gasteiger partial charge in [-0.3, -0.25) is 14.4 Å². The second kappa shape index (κ2) is 6.96. The van der Waals surface area contributed by atoms with Gasteiger partial charge in [0, 0.05) is 12.2 Å². The Labute approximate surface area is 137 Å². The molecule has 2 unspecified atom stereocenters. The summed E-state index contributed by atoms with van der Waals surface area (Å²) in [4.78, 5) is 14.4. The zero-order valence-electron chi connectivity index (χ0n) is 13.6. The number of aromatic nitrogens is 2. The summed E-state index contributed by atoms with van der Waals surface area (Å²) >= 11 is 0. The van der Waals surface area contributed by atoms with Crippen molar-refractivity contribution in [3.63, 3.8) is 0 Å². The Bertz CT molecular complexity index is 652. The smallest absolute Gasteiger partial charge is 0.239 e. The quantitative estimate of drug-likeness (QED) is 0.921. The molecule has 1 saturated heterocycles. The van der Waals surface area contributed by atoms with E-state index < -0.39 is 0 Å². The zero-order valence-corrected chi connectivity index (χ0v) is 13.6. The lowest BCUT2D eigenvalue weighted by molar-refractivity contribution is -0.125. The lowest BCUT2D eigenvalue weighted by Gasteiger charge is -2.40. The molecular formula is C18H24N4O. The van der Waals surface area contributed by atoms with Crippen LogP contribution in [0, 0.1) is 6.92 Å². The zero-order chi connectivity index (χ0) is 16.2. The highest BCUT2D eigenvalue weighted by Gasteiger charge is 2.33. The standard InChI is InChI=1S/C18H24N4O/c1-14-11-20-21(12-14)13-16-9-5-6-10-22(16)17(18(19)23)15-7-3-2-4-8-15/h2-4,7-8,11-12,16-17H,5-6,9-10,13H2,1H3,(H2,19,23). The minimum absolute atomic E-state index is 0.278. The van der Waals surface area contributed by atoms with Gasteiger partial charge in [-0.2, -0.15) is 5.10 Å². The summed E-state index contributed by atoms with van der Waals surface area (Å²) in [5, 5.41) is 4.40. The van der Waals surface area contributed by atoms with E-state index in [0.717, 1.165) is 37.1 Å². The molecule has 3 rings (SSSR count). The van der Waals surface area contributed by atoms with Crippen LogP contribution in [0.2, 0.25) is 0 Å². The Hall–Kier alpha value is -2.14. The Balaban J connectivity index is 1.85. The number of carbonyl (C=O) groups is 1. The maximum Gasteiger partial charge on any atom is 0.239 e. The van der Waals surface area contributed by atoms with Crippen LogP contribution in [-0.4, -0.2) is 33.2 Å². The monoisotopic (exact) mass is 312 g/mol. The van der Waals surface area contributed by atoms with Crippen LogP contribution in [-0.2, 0) is 11.3 Å². The fraction of sp³-hybridized carbons (Fsp3) is 0.444. The summed E-state index contributed by atoms with van der Waals surface area (Å²) in [5.41, 5.74) is 7.89. The lowest BCUT2D eigenvalue weighted by atomic mass is 9.96. The summed E-state index contributed by atoms with van der Waals surface area (Å²) in [6.45, 7) is 3.73. The second-order valence-electron chi connectivity index (χ2n) is 6.34. The number of hydrogen-bond donors (Lipinski definition) is 1. The van der Waals surface area contributed by atoms with E-state index in [1.54, 1.807) is 0 Å². The molecule has 5 nitrogen and oxygen atoms in total. The summed E-state index contributed by atoms with van der Waals surface area (Å²) < 4.78 is 1.97.